The lowest BCUT2D eigenvalue weighted by Gasteiger charge is -2.15. The highest BCUT2D eigenvalue weighted by atomic mass is 16.4. The molecule has 0 aromatic rings. The van der Waals surface area contributed by atoms with Gasteiger partial charge in [0.2, 0.25) is 0 Å². The zero-order chi connectivity index (χ0) is 16.4. The molecule has 0 aliphatic heterocycles. The molecule has 0 saturated heterocycles. The third kappa shape index (κ3) is 7.03. The van der Waals surface area contributed by atoms with Crippen LogP contribution in [0.3, 0.4) is 0 Å². The number of carbonyl (C=O) groups excluding carboxylic acids is 1. The van der Waals surface area contributed by atoms with Crippen LogP contribution in [-0.2, 0) is 9.59 Å². The lowest BCUT2D eigenvalue weighted by atomic mass is 9.88. The van der Waals surface area contributed by atoms with Crippen LogP contribution in [0.4, 0.5) is 0 Å². The molecule has 0 saturated carbocycles. The molecular weight excluding hydrogens is 280 g/mol. The van der Waals surface area contributed by atoms with Gasteiger partial charge in [0.15, 0.2) is 5.78 Å². The van der Waals surface area contributed by atoms with E-state index in [1.807, 2.05) is 12.2 Å². The van der Waals surface area contributed by atoms with Crippen molar-refractivity contribution in [2.75, 3.05) is 0 Å². The monoisotopic (exact) mass is 308 g/mol. The number of carboxylic acid groups (broad SMARTS) is 1. The molecule has 0 heterocycles. The van der Waals surface area contributed by atoms with E-state index in [-0.39, 0.29) is 24.0 Å². The van der Waals surface area contributed by atoms with Gasteiger partial charge in [-0.05, 0) is 25.3 Å². The van der Waals surface area contributed by atoms with Gasteiger partial charge in [-0.15, -0.1) is 0 Å². The lowest BCUT2D eigenvalue weighted by Crippen LogP contribution is -2.15. The van der Waals surface area contributed by atoms with Crippen LogP contribution >= 0.6 is 0 Å². The van der Waals surface area contributed by atoms with Crippen LogP contribution in [0.1, 0.15) is 58.3 Å². The standard InChI is InChI=1S/C18H28O4/c1-2-3-4-7-15(19)12-10-14-11-13-17(20)16(14)8-5-6-9-18(21)22/h10-16,19H,2-9H2,1H3,(H,21,22)/b12-10+/t14-,15+,16-/m0/s1. The average molecular weight is 308 g/mol. The molecule has 0 amide bonds. The van der Waals surface area contributed by atoms with Crippen LogP contribution in [0.5, 0.6) is 0 Å². The van der Waals surface area contributed by atoms with Crippen LogP contribution in [-0.4, -0.2) is 28.1 Å². The zero-order valence-corrected chi connectivity index (χ0v) is 13.4. The number of hydrogen-bond acceptors (Lipinski definition) is 3. The van der Waals surface area contributed by atoms with Crippen molar-refractivity contribution in [3.63, 3.8) is 0 Å². The number of aliphatic hydroxyl groups is 1. The van der Waals surface area contributed by atoms with Gasteiger partial charge >= 0.3 is 5.97 Å². The summed E-state index contributed by atoms with van der Waals surface area (Å²) in [6, 6.07) is 0. The van der Waals surface area contributed by atoms with Gasteiger partial charge in [-0.2, -0.15) is 0 Å². The first-order valence-corrected chi connectivity index (χ1v) is 8.34. The second-order valence-electron chi connectivity index (χ2n) is 6.03. The highest BCUT2D eigenvalue weighted by Gasteiger charge is 2.27. The summed E-state index contributed by atoms with van der Waals surface area (Å²) in [4.78, 5) is 22.4. The Bertz CT molecular complexity index is 411. The first-order chi connectivity index (χ1) is 10.5. The van der Waals surface area contributed by atoms with E-state index in [9.17, 15) is 14.7 Å². The summed E-state index contributed by atoms with van der Waals surface area (Å²) in [7, 11) is 0. The van der Waals surface area contributed by atoms with Gasteiger partial charge in [0.05, 0.1) is 6.10 Å². The van der Waals surface area contributed by atoms with Gasteiger partial charge < -0.3 is 10.2 Å². The molecule has 0 radical (unpaired) electrons. The predicted molar refractivity (Wildman–Crippen MR) is 86.5 cm³/mol. The second-order valence-corrected chi connectivity index (χ2v) is 6.03. The number of allylic oxidation sites excluding steroid dienone is 3. The Hall–Kier alpha value is -1.42. The van der Waals surface area contributed by atoms with Gasteiger partial charge in [-0.3, -0.25) is 9.59 Å². The zero-order valence-electron chi connectivity index (χ0n) is 13.4. The van der Waals surface area contributed by atoms with Crippen molar-refractivity contribution < 1.29 is 19.8 Å². The Morgan fingerprint density at radius 3 is 2.77 bits per heavy atom. The van der Waals surface area contributed by atoms with Crippen molar-refractivity contribution in [3.05, 3.63) is 24.3 Å². The van der Waals surface area contributed by atoms with Crippen molar-refractivity contribution in [2.45, 2.75) is 64.4 Å². The number of ketones is 1. The third-order valence-corrected chi connectivity index (χ3v) is 4.13. The SMILES string of the molecule is CCCCC[C@@H](O)/C=C/[C@H]1C=CC(=O)[C@H]1CCCCC(=O)O. The minimum Gasteiger partial charge on any atom is -0.481 e. The molecule has 1 aliphatic rings. The Balaban J connectivity index is 2.38. The minimum atomic E-state index is -0.789. The normalized spacial score (nSPS) is 22.5. The number of rotatable bonds is 11. The van der Waals surface area contributed by atoms with Crippen LogP contribution in [0.2, 0.25) is 0 Å². The third-order valence-electron chi connectivity index (χ3n) is 4.13. The summed E-state index contributed by atoms with van der Waals surface area (Å²) in [6.07, 6.45) is 13.0. The van der Waals surface area contributed by atoms with E-state index in [1.54, 1.807) is 12.2 Å². The van der Waals surface area contributed by atoms with Gasteiger partial charge in [0.1, 0.15) is 0 Å². The van der Waals surface area contributed by atoms with E-state index in [1.165, 1.54) is 0 Å². The van der Waals surface area contributed by atoms with E-state index < -0.39 is 12.1 Å². The number of hydrogen-bond donors (Lipinski definition) is 2. The maximum absolute atomic E-state index is 11.9. The van der Waals surface area contributed by atoms with Gasteiger partial charge in [-0.1, -0.05) is 50.8 Å². The van der Waals surface area contributed by atoms with E-state index in [4.69, 9.17) is 5.11 Å². The maximum Gasteiger partial charge on any atom is 0.303 e. The van der Waals surface area contributed by atoms with Gasteiger partial charge in [-0.25, -0.2) is 0 Å². The van der Waals surface area contributed by atoms with E-state index in [0.717, 1.165) is 32.1 Å². The molecule has 3 atom stereocenters. The molecule has 1 rings (SSSR count). The summed E-state index contributed by atoms with van der Waals surface area (Å²) in [5.41, 5.74) is 0. The fraction of sp³-hybridized carbons (Fsp3) is 0.667. The summed E-state index contributed by atoms with van der Waals surface area (Å²) < 4.78 is 0. The fourth-order valence-corrected chi connectivity index (χ4v) is 2.78. The molecular formula is C18H28O4. The average Bonchev–Trinajstić information content (AvgIpc) is 2.82. The molecule has 124 valence electrons. The minimum absolute atomic E-state index is 0.0400. The number of carbonyl (C=O) groups is 2. The van der Waals surface area contributed by atoms with E-state index >= 15 is 0 Å². The second kappa shape index (κ2) is 10.3. The Labute approximate surface area is 132 Å². The molecule has 4 heteroatoms. The summed E-state index contributed by atoms with van der Waals surface area (Å²) >= 11 is 0. The molecule has 0 fully saturated rings. The number of unbranched alkanes of at least 4 members (excludes halogenated alkanes) is 3. The summed E-state index contributed by atoms with van der Waals surface area (Å²) in [6.45, 7) is 2.13. The Kier molecular flexibility index (Phi) is 8.75. The molecule has 0 aromatic carbocycles. The first kappa shape index (κ1) is 18.6. The molecule has 0 unspecified atom stereocenters. The molecule has 0 bridgehead atoms. The Morgan fingerprint density at radius 2 is 2.09 bits per heavy atom. The van der Waals surface area contributed by atoms with Crippen LogP contribution < -0.4 is 0 Å². The molecule has 0 spiro atoms. The largest absolute Gasteiger partial charge is 0.481 e. The topological polar surface area (TPSA) is 74.6 Å². The number of aliphatic hydroxyl groups excluding tert-OH is 1. The van der Waals surface area contributed by atoms with Crippen LogP contribution in [0.15, 0.2) is 24.3 Å². The Morgan fingerprint density at radius 1 is 1.32 bits per heavy atom. The quantitative estimate of drug-likeness (QED) is 0.452. The molecule has 22 heavy (non-hydrogen) atoms. The highest BCUT2D eigenvalue weighted by Crippen LogP contribution is 2.28. The van der Waals surface area contributed by atoms with Crippen molar-refractivity contribution in [1.82, 2.24) is 0 Å². The maximum atomic E-state index is 11.9. The molecule has 4 nitrogen and oxygen atoms in total. The lowest BCUT2D eigenvalue weighted by molar-refractivity contribution is -0.137. The smallest absolute Gasteiger partial charge is 0.303 e. The van der Waals surface area contributed by atoms with Crippen molar-refractivity contribution in [1.29, 1.82) is 0 Å². The van der Waals surface area contributed by atoms with E-state index in [0.29, 0.717) is 12.8 Å². The van der Waals surface area contributed by atoms with Crippen molar-refractivity contribution in [2.24, 2.45) is 11.8 Å². The molecule has 1 aliphatic carbocycles. The van der Waals surface area contributed by atoms with Gasteiger partial charge in [0.25, 0.3) is 0 Å². The molecule has 2 N–H and O–H groups in total. The molecule has 0 aromatic heterocycles. The van der Waals surface area contributed by atoms with Crippen molar-refractivity contribution >= 4 is 11.8 Å². The van der Waals surface area contributed by atoms with Gasteiger partial charge in [0, 0.05) is 18.3 Å². The predicted octanol–water partition coefficient (Wildman–Crippen LogP) is 3.50. The summed E-state index contributed by atoms with van der Waals surface area (Å²) in [5, 5.41) is 18.5. The summed E-state index contributed by atoms with van der Waals surface area (Å²) in [5.74, 6) is -0.723. The van der Waals surface area contributed by atoms with E-state index in [2.05, 4.69) is 6.92 Å². The number of aliphatic carboxylic acids is 1. The first-order valence-electron chi connectivity index (χ1n) is 8.34. The fourth-order valence-electron chi connectivity index (χ4n) is 2.78. The number of carboxylic acids is 1. The highest BCUT2D eigenvalue weighted by molar-refractivity contribution is 5.94. The van der Waals surface area contributed by atoms with Crippen LogP contribution in [0, 0.1) is 11.8 Å². The van der Waals surface area contributed by atoms with Crippen LogP contribution in [0.25, 0.3) is 0 Å². The van der Waals surface area contributed by atoms with Crippen molar-refractivity contribution in [3.8, 4) is 0 Å².